The van der Waals surface area contributed by atoms with Gasteiger partial charge in [-0.15, -0.1) is 0 Å². The fourth-order valence-electron chi connectivity index (χ4n) is 4.11. The van der Waals surface area contributed by atoms with Crippen LogP contribution < -0.4 is 0 Å². The van der Waals surface area contributed by atoms with E-state index in [1.165, 1.54) is 32.4 Å². The van der Waals surface area contributed by atoms with Crippen LogP contribution in [0.15, 0.2) is 35.2 Å². The van der Waals surface area contributed by atoms with Gasteiger partial charge in [0.25, 0.3) is 5.91 Å². The van der Waals surface area contributed by atoms with Crippen LogP contribution in [0.5, 0.6) is 0 Å². The highest BCUT2D eigenvalue weighted by atomic mass is 35.5. The van der Waals surface area contributed by atoms with E-state index in [2.05, 4.69) is 35.8 Å². The van der Waals surface area contributed by atoms with Crippen LogP contribution in [-0.2, 0) is 4.79 Å². The maximum absolute atomic E-state index is 13.2. The Kier molecular flexibility index (Phi) is 8.31. The van der Waals surface area contributed by atoms with Crippen molar-refractivity contribution in [1.29, 1.82) is 0 Å². The van der Waals surface area contributed by atoms with Gasteiger partial charge in [0, 0.05) is 11.6 Å². The summed E-state index contributed by atoms with van der Waals surface area (Å²) in [5, 5.41) is 0.768. The third-order valence-electron chi connectivity index (χ3n) is 5.89. The SMILES string of the molecule is CCC(/C=C1\SC(c2cccc(Cl)c2)N(CCCN2CCCCC2)C1=O)CC. The Morgan fingerprint density at radius 1 is 1.18 bits per heavy atom. The molecule has 0 saturated carbocycles. The number of halogens is 1. The number of rotatable bonds is 8. The van der Waals surface area contributed by atoms with Crippen molar-refractivity contribution in [3.05, 3.63) is 45.8 Å². The molecule has 3 rings (SSSR count). The van der Waals surface area contributed by atoms with Crippen LogP contribution in [0.4, 0.5) is 0 Å². The van der Waals surface area contributed by atoms with E-state index in [0.717, 1.165) is 47.8 Å². The van der Waals surface area contributed by atoms with E-state index in [0.29, 0.717) is 5.92 Å². The molecule has 0 spiro atoms. The molecule has 1 aromatic rings. The molecule has 0 bridgehead atoms. The maximum atomic E-state index is 13.2. The van der Waals surface area contributed by atoms with Gasteiger partial charge in [0.05, 0.1) is 4.91 Å². The lowest BCUT2D eigenvalue weighted by Gasteiger charge is -2.28. The molecule has 2 aliphatic heterocycles. The molecule has 2 heterocycles. The summed E-state index contributed by atoms with van der Waals surface area (Å²) in [5.74, 6) is 0.667. The largest absolute Gasteiger partial charge is 0.322 e. The molecular weight excluding hydrogens is 388 g/mol. The lowest BCUT2D eigenvalue weighted by atomic mass is 10.0. The smallest absolute Gasteiger partial charge is 0.261 e. The second-order valence-corrected chi connectivity index (χ2v) is 9.45. The highest BCUT2D eigenvalue weighted by Gasteiger charge is 2.37. The Morgan fingerprint density at radius 2 is 1.93 bits per heavy atom. The van der Waals surface area contributed by atoms with Gasteiger partial charge in [-0.1, -0.05) is 61.8 Å². The number of benzene rings is 1. The minimum Gasteiger partial charge on any atom is -0.322 e. The van der Waals surface area contributed by atoms with E-state index in [9.17, 15) is 4.79 Å². The number of carbonyl (C=O) groups is 1. The zero-order valence-corrected chi connectivity index (χ0v) is 18.8. The third-order valence-corrected chi connectivity index (χ3v) is 7.43. The quantitative estimate of drug-likeness (QED) is 0.474. The van der Waals surface area contributed by atoms with Crippen LogP contribution in [0.25, 0.3) is 0 Å². The number of amides is 1. The Bertz CT molecular complexity index is 683. The molecule has 0 N–H and O–H groups in total. The van der Waals surface area contributed by atoms with Crippen LogP contribution in [-0.4, -0.2) is 41.9 Å². The predicted molar refractivity (Wildman–Crippen MR) is 121 cm³/mol. The topological polar surface area (TPSA) is 23.6 Å². The zero-order chi connectivity index (χ0) is 19.9. The lowest BCUT2D eigenvalue weighted by molar-refractivity contribution is -0.126. The maximum Gasteiger partial charge on any atom is 0.261 e. The summed E-state index contributed by atoms with van der Waals surface area (Å²) in [4.78, 5) is 18.7. The van der Waals surface area contributed by atoms with Crippen LogP contribution in [0.1, 0.15) is 63.3 Å². The highest BCUT2D eigenvalue weighted by Crippen LogP contribution is 2.46. The first-order valence-corrected chi connectivity index (χ1v) is 12.1. The number of hydrogen-bond acceptors (Lipinski definition) is 3. The zero-order valence-electron chi connectivity index (χ0n) is 17.2. The van der Waals surface area contributed by atoms with Gasteiger partial charge in [0.2, 0.25) is 0 Å². The van der Waals surface area contributed by atoms with Gasteiger partial charge in [0.15, 0.2) is 0 Å². The average Bonchev–Trinajstić information content (AvgIpc) is 3.02. The van der Waals surface area contributed by atoms with Gasteiger partial charge >= 0.3 is 0 Å². The first kappa shape index (κ1) is 21.7. The van der Waals surface area contributed by atoms with Crippen molar-refractivity contribution in [2.24, 2.45) is 5.92 Å². The van der Waals surface area contributed by atoms with Gasteiger partial charge in [-0.3, -0.25) is 4.79 Å². The molecule has 2 saturated heterocycles. The molecule has 1 amide bonds. The molecule has 1 atom stereocenters. The summed E-state index contributed by atoms with van der Waals surface area (Å²) in [6.45, 7) is 8.70. The molecule has 0 aliphatic carbocycles. The summed E-state index contributed by atoms with van der Waals surface area (Å²) < 4.78 is 0. The highest BCUT2D eigenvalue weighted by molar-refractivity contribution is 8.04. The molecule has 2 aliphatic rings. The van der Waals surface area contributed by atoms with Crippen molar-refractivity contribution in [2.45, 2.75) is 57.7 Å². The van der Waals surface area contributed by atoms with Crippen LogP contribution in [0.3, 0.4) is 0 Å². The average molecular weight is 421 g/mol. The first-order valence-electron chi connectivity index (χ1n) is 10.8. The van der Waals surface area contributed by atoms with Crippen molar-refractivity contribution in [1.82, 2.24) is 9.80 Å². The molecule has 5 heteroatoms. The van der Waals surface area contributed by atoms with Gasteiger partial charge in [-0.25, -0.2) is 0 Å². The van der Waals surface area contributed by atoms with Gasteiger partial charge < -0.3 is 9.80 Å². The Morgan fingerprint density at radius 3 is 2.61 bits per heavy atom. The Labute approximate surface area is 179 Å². The van der Waals surface area contributed by atoms with Gasteiger partial charge in [-0.05, 0) is 75.4 Å². The normalized spacial score (nSPS) is 22.6. The molecule has 1 aromatic carbocycles. The molecule has 0 radical (unpaired) electrons. The number of carbonyl (C=O) groups excluding carboxylic acids is 1. The van der Waals surface area contributed by atoms with E-state index in [-0.39, 0.29) is 11.3 Å². The number of likely N-dealkylation sites (tertiary alicyclic amines) is 1. The second kappa shape index (κ2) is 10.7. The van der Waals surface area contributed by atoms with E-state index in [1.807, 2.05) is 18.2 Å². The molecule has 28 heavy (non-hydrogen) atoms. The van der Waals surface area contributed by atoms with Gasteiger partial charge in [0.1, 0.15) is 5.37 Å². The van der Waals surface area contributed by atoms with Crippen molar-refractivity contribution in [3.63, 3.8) is 0 Å². The number of nitrogens with zero attached hydrogens (tertiary/aromatic N) is 2. The summed E-state index contributed by atoms with van der Waals surface area (Å²) in [5.41, 5.74) is 1.12. The number of hydrogen-bond donors (Lipinski definition) is 0. The monoisotopic (exact) mass is 420 g/mol. The minimum atomic E-state index is 0.0353. The second-order valence-electron chi connectivity index (χ2n) is 7.89. The third kappa shape index (κ3) is 5.55. The van der Waals surface area contributed by atoms with Gasteiger partial charge in [-0.2, -0.15) is 0 Å². The number of piperidine rings is 1. The summed E-state index contributed by atoms with van der Waals surface area (Å²) in [6, 6.07) is 7.98. The van der Waals surface area contributed by atoms with Crippen LogP contribution in [0, 0.1) is 5.92 Å². The van der Waals surface area contributed by atoms with Crippen molar-refractivity contribution in [3.8, 4) is 0 Å². The van der Waals surface area contributed by atoms with E-state index >= 15 is 0 Å². The molecule has 2 fully saturated rings. The van der Waals surface area contributed by atoms with Crippen molar-refractivity contribution in [2.75, 3.05) is 26.2 Å². The number of allylic oxidation sites excluding steroid dienone is 1. The van der Waals surface area contributed by atoms with E-state index in [4.69, 9.17) is 11.6 Å². The van der Waals surface area contributed by atoms with Crippen molar-refractivity contribution < 1.29 is 4.79 Å². The Hall–Kier alpha value is -0.970. The molecule has 3 nitrogen and oxygen atoms in total. The molecular formula is C23H33ClN2OS. The lowest BCUT2D eigenvalue weighted by Crippen LogP contribution is -2.34. The molecule has 1 unspecified atom stereocenters. The van der Waals surface area contributed by atoms with E-state index < -0.39 is 0 Å². The van der Waals surface area contributed by atoms with E-state index in [1.54, 1.807) is 11.8 Å². The Balaban J connectivity index is 1.73. The summed E-state index contributed by atoms with van der Waals surface area (Å²) >= 11 is 7.94. The fourth-order valence-corrected chi connectivity index (χ4v) is 5.65. The van der Waals surface area contributed by atoms with Crippen LogP contribution >= 0.6 is 23.4 Å². The summed E-state index contributed by atoms with van der Waals surface area (Å²) in [6.07, 6.45) is 9.36. The van der Waals surface area contributed by atoms with Crippen molar-refractivity contribution >= 4 is 29.3 Å². The first-order chi connectivity index (χ1) is 13.6. The molecule has 0 aromatic heterocycles. The minimum absolute atomic E-state index is 0.0353. The standard InChI is InChI=1S/C23H33ClN2OS/c1-3-18(4-2)16-21-22(27)26(15-9-14-25-12-6-5-7-13-25)23(28-21)19-10-8-11-20(24)17-19/h8,10-11,16-18,23H,3-7,9,12-15H2,1-2H3/b21-16-. The van der Waals surface area contributed by atoms with Crippen LogP contribution in [0.2, 0.25) is 5.02 Å². The fraction of sp³-hybridized carbons (Fsp3) is 0.609. The number of thioether (sulfide) groups is 1. The molecule has 154 valence electrons. The predicted octanol–water partition coefficient (Wildman–Crippen LogP) is 6.11. The summed E-state index contributed by atoms with van der Waals surface area (Å²) in [7, 11) is 0.